The van der Waals surface area contributed by atoms with Crippen molar-refractivity contribution in [2.45, 2.75) is 52.9 Å². The number of hydrogen-bond acceptors (Lipinski definition) is 6. The molecule has 5 aromatic rings. The Morgan fingerprint density at radius 1 is 0.949 bits per heavy atom. The van der Waals surface area contributed by atoms with Crippen LogP contribution in [0.25, 0.3) is 10.9 Å². The van der Waals surface area contributed by atoms with Gasteiger partial charge in [-0.05, 0) is 59.5 Å². The SMILES string of the molecule is CCC(c1nnnn1Cc1ccccc1)N(Cc1ccccc1OC)Cc1cc2c(C)ccc(C)c2[nH]c1=O. The quantitative estimate of drug-likeness (QED) is 0.266. The zero-order chi connectivity index (χ0) is 27.4. The highest BCUT2D eigenvalue weighted by atomic mass is 16.5. The number of nitrogens with zero attached hydrogens (tertiary/aromatic N) is 5. The fourth-order valence-corrected chi connectivity index (χ4v) is 5.21. The molecule has 0 aliphatic carbocycles. The molecule has 39 heavy (non-hydrogen) atoms. The van der Waals surface area contributed by atoms with Gasteiger partial charge in [-0.1, -0.05) is 67.6 Å². The van der Waals surface area contributed by atoms with E-state index < -0.39 is 0 Å². The summed E-state index contributed by atoms with van der Waals surface area (Å²) in [5.74, 6) is 1.57. The summed E-state index contributed by atoms with van der Waals surface area (Å²) in [5, 5.41) is 13.9. The Morgan fingerprint density at radius 3 is 2.44 bits per heavy atom. The Bertz CT molecular complexity index is 1630. The zero-order valence-electron chi connectivity index (χ0n) is 22.9. The molecule has 0 fully saturated rings. The first-order valence-electron chi connectivity index (χ1n) is 13.3. The van der Waals surface area contributed by atoms with Gasteiger partial charge in [0.1, 0.15) is 5.75 Å². The van der Waals surface area contributed by atoms with E-state index in [2.05, 4.69) is 63.5 Å². The van der Waals surface area contributed by atoms with Gasteiger partial charge in [-0.15, -0.1) is 5.10 Å². The highest BCUT2D eigenvalue weighted by Crippen LogP contribution is 2.30. The van der Waals surface area contributed by atoms with Crippen LogP contribution in [0.15, 0.2) is 77.6 Å². The first-order chi connectivity index (χ1) is 19.0. The van der Waals surface area contributed by atoms with Crippen LogP contribution in [-0.2, 0) is 19.6 Å². The maximum atomic E-state index is 13.4. The van der Waals surface area contributed by atoms with Gasteiger partial charge in [-0.3, -0.25) is 9.69 Å². The van der Waals surface area contributed by atoms with E-state index in [9.17, 15) is 4.79 Å². The number of para-hydroxylation sites is 1. The number of H-pyrrole nitrogens is 1. The summed E-state index contributed by atoms with van der Waals surface area (Å²) >= 11 is 0. The Kier molecular flexibility index (Phi) is 7.84. The third kappa shape index (κ3) is 5.61. The molecule has 0 saturated heterocycles. The van der Waals surface area contributed by atoms with Crippen molar-refractivity contribution >= 4 is 10.9 Å². The number of rotatable bonds is 10. The zero-order valence-corrected chi connectivity index (χ0v) is 22.9. The topological polar surface area (TPSA) is 88.9 Å². The van der Waals surface area contributed by atoms with E-state index in [0.717, 1.165) is 51.2 Å². The van der Waals surface area contributed by atoms with Gasteiger partial charge in [-0.25, -0.2) is 4.68 Å². The van der Waals surface area contributed by atoms with Crippen LogP contribution in [0.3, 0.4) is 0 Å². The molecule has 1 unspecified atom stereocenters. The van der Waals surface area contributed by atoms with Gasteiger partial charge < -0.3 is 9.72 Å². The van der Waals surface area contributed by atoms with E-state index in [-0.39, 0.29) is 11.6 Å². The minimum Gasteiger partial charge on any atom is -0.496 e. The number of tetrazole rings is 1. The lowest BCUT2D eigenvalue weighted by Gasteiger charge is -2.31. The molecule has 200 valence electrons. The monoisotopic (exact) mass is 522 g/mol. The molecule has 5 rings (SSSR count). The normalized spacial score (nSPS) is 12.2. The number of pyridine rings is 1. The van der Waals surface area contributed by atoms with Crippen LogP contribution in [0.5, 0.6) is 5.75 Å². The smallest absolute Gasteiger partial charge is 0.252 e. The molecule has 0 radical (unpaired) electrons. The van der Waals surface area contributed by atoms with Crippen molar-refractivity contribution in [3.05, 3.63) is 117 Å². The second kappa shape index (κ2) is 11.6. The number of aryl methyl sites for hydroxylation is 2. The van der Waals surface area contributed by atoms with Crippen LogP contribution >= 0.6 is 0 Å². The van der Waals surface area contributed by atoms with E-state index in [0.29, 0.717) is 25.2 Å². The van der Waals surface area contributed by atoms with E-state index in [4.69, 9.17) is 4.74 Å². The van der Waals surface area contributed by atoms with Gasteiger partial charge >= 0.3 is 0 Å². The number of benzene rings is 3. The Morgan fingerprint density at radius 2 is 1.67 bits per heavy atom. The molecule has 0 aliphatic rings. The summed E-state index contributed by atoms with van der Waals surface area (Å²) in [4.78, 5) is 18.8. The predicted octanol–water partition coefficient (Wildman–Crippen LogP) is 5.34. The number of nitrogens with one attached hydrogen (secondary N) is 1. The average Bonchev–Trinajstić information content (AvgIpc) is 3.40. The minimum atomic E-state index is -0.137. The summed E-state index contributed by atoms with van der Waals surface area (Å²) < 4.78 is 7.53. The molecule has 8 heteroatoms. The lowest BCUT2D eigenvalue weighted by molar-refractivity contribution is 0.159. The van der Waals surface area contributed by atoms with Gasteiger partial charge in [0, 0.05) is 29.6 Å². The van der Waals surface area contributed by atoms with Crippen LogP contribution in [0.2, 0.25) is 0 Å². The predicted molar refractivity (Wildman–Crippen MR) is 153 cm³/mol. The maximum Gasteiger partial charge on any atom is 0.252 e. The lowest BCUT2D eigenvalue weighted by atomic mass is 10.0. The molecule has 2 aromatic heterocycles. The lowest BCUT2D eigenvalue weighted by Crippen LogP contribution is -2.32. The molecule has 0 saturated carbocycles. The standard InChI is InChI=1S/C31H34N6O2/c1-5-27(30-33-34-35-37(30)18-23-11-7-6-8-12-23)36(19-24-13-9-10-14-28(24)39-4)20-25-17-26-21(2)15-16-22(3)29(26)32-31(25)38/h6-17,27H,5,18-20H2,1-4H3,(H,32,38). The first-order valence-corrected chi connectivity index (χ1v) is 13.3. The number of fused-ring (bicyclic) bond motifs is 1. The summed E-state index contributed by atoms with van der Waals surface area (Å²) in [5.41, 5.74) is 5.84. The third-order valence-corrected chi connectivity index (χ3v) is 7.32. The molecule has 3 aromatic carbocycles. The maximum absolute atomic E-state index is 13.4. The van der Waals surface area contributed by atoms with Gasteiger partial charge in [-0.2, -0.15) is 0 Å². The molecule has 8 nitrogen and oxygen atoms in total. The molecular formula is C31H34N6O2. The summed E-state index contributed by atoms with van der Waals surface area (Å²) in [6.45, 7) is 7.77. The molecule has 1 atom stereocenters. The second-order valence-corrected chi connectivity index (χ2v) is 9.93. The summed E-state index contributed by atoms with van der Waals surface area (Å²) in [7, 11) is 1.68. The van der Waals surface area contributed by atoms with Crippen LogP contribution in [0.4, 0.5) is 0 Å². The number of aromatic nitrogens is 5. The Hall–Kier alpha value is -4.30. The van der Waals surface area contributed by atoms with Crippen molar-refractivity contribution in [2.75, 3.05) is 7.11 Å². The van der Waals surface area contributed by atoms with Crippen LogP contribution < -0.4 is 10.3 Å². The minimum absolute atomic E-state index is 0.0834. The van der Waals surface area contributed by atoms with Crippen molar-refractivity contribution in [1.29, 1.82) is 0 Å². The van der Waals surface area contributed by atoms with Crippen molar-refractivity contribution < 1.29 is 4.74 Å². The van der Waals surface area contributed by atoms with E-state index in [1.165, 1.54) is 0 Å². The van der Waals surface area contributed by atoms with E-state index >= 15 is 0 Å². The number of methoxy groups -OCH3 is 1. The highest BCUT2D eigenvalue weighted by molar-refractivity contribution is 5.85. The van der Waals surface area contributed by atoms with Gasteiger partial charge in [0.15, 0.2) is 5.82 Å². The fourth-order valence-electron chi connectivity index (χ4n) is 5.21. The molecule has 0 bridgehead atoms. The molecule has 0 spiro atoms. The Balaban J connectivity index is 1.57. The molecule has 1 N–H and O–H groups in total. The molecule has 0 amide bonds. The van der Waals surface area contributed by atoms with Crippen LogP contribution in [0.1, 0.15) is 53.0 Å². The number of hydrogen-bond donors (Lipinski definition) is 1. The number of ether oxygens (including phenoxy) is 1. The molecular weight excluding hydrogens is 488 g/mol. The molecule has 0 aliphatic heterocycles. The Labute approximate surface area is 228 Å². The van der Waals surface area contributed by atoms with Crippen molar-refractivity contribution in [1.82, 2.24) is 30.1 Å². The van der Waals surface area contributed by atoms with Crippen LogP contribution in [0, 0.1) is 13.8 Å². The van der Waals surface area contributed by atoms with E-state index in [1.54, 1.807) is 7.11 Å². The first kappa shape index (κ1) is 26.3. The van der Waals surface area contributed by atoms with Crippen LogP contribution in [-0.4, -0.2) is 37.2 Å². The van der Waals surface area contributed by atoms with Gasteiger partial charge in [0.05, 0.1) is 25.2 Å². The number of aromatic amines is 1. The second-order valence-electron chi connectivity index (χ2n) is 9.93. The largest absolute Gasteiger partial charge is 0.496 e. The summed E-state index contributed by atoms with van der Waals surface area (Å²) in [6, 6.07) is 24.2. The summed E-state index contributed by atoms with van der Waals surface area (Å²) in [6.07, 6.45) is 0.758. The van der Waals surface area contributed by atoms with Gasteiger partial charge in [0.2, 0.25) is 0 Å². The van der Waals surface area contributed by atoms with E-state index in [1.807, 2.05) is 60.1 Å². The van der Waals surface area contributed by atoms with Gasteiger partial charge in [0.25, 0.3) is 5.56 Å². The molecule has 2 heterocycles. The highest BCUT2D eigenvalue weighted by Gasteiger charge is 2.27. The van der Waals surface area contributed by atoms with Crippen molar-refractivity contribution in [3.8, 4) is 5.75 Å². The third-order valence-electron chi connectivity index (χ3n) is 7.32. The van der Waals surface area contributed by atoms with Crippen molar-refractivity contribution in [2.24, 2.45) is 0 Å². The fraction of sp³-hybridized carbons (Fsp3) is 0.290. The average molecular weight is 523 g/mol. The van der Waals surface area contributed by atoms with Crippen molar-refractivity contribution in [3.63, 3.8) is 0 Å².